The smallest absolute Gasteiger partial charge is 0.221 e. The average Bonchev–Trinajstić information content (AvgIpc) is 2.60. The molecular weight excluding hydrogens is 320 g/mol. The second-order valence-corrected chi connectivity index (χ2v) is 5.62. The Labute approximate surface area is 148 Å². The Morgan fingerprint density at radius 1 is 0.960 bits per heavy atom. The number of amides is 1. The van der Waals surface area contributed by atoms with Gasteiger partial charge in [0.2, 0.25) is 11.7 Å². The fraction of sp³-hybridized carbons (Fsp3) is 0.316. The van der Waals surface area contributed by atoms with Crippen LogP contribution in [0.2, 0.25) is 0 Å². The van der Waals surface area contributed by atoms with Crippen LogP contribution in [-0.4, -0.2) is 27.2 Å². The van der Waals surface area contributed by atoms with Crippen molar-refractivity contribution < 1.29 is 19.0 Å². The van der Waals surface area contributed by atoms with Gasteiger partial charge in [-0.2, -0.15) is 0 Å². The molecule has 0 atom stereocenters. The fourth-order valence-electron chi connectivity index (χ4n) is 2.54. The van der Waals surface area contributed by atoms with E-state index in [-0.39, 0.29) is 5.91 Å². The van der Waals surface area contributed by atoms with Crippen molar-refractivity contribution in [2.24, 2.45) is 0 Å². The average molecular weight is 344 g/mol. The molecule has 0 fully saturated rings. The summed E-state index contributed by atoms with van der Waals surface area (Å²) >= 11 is 0. The summed E-state index contributed by atoms with van der Waals surface area (Å²) < 4.78 is 16.1. The monoisotopic (exact) mass is 344 g/mol. The van der Waals surface area contributed by atoms with Crippen LogP contribution >= 0.6 is 0 Å². The summed E-state index contributed by atoms with van der Waals surface area (Å²) in [6.45, 7) is 4.03. The molecule has 0 heterocycles. The predicted octanol–water partition coefficient (Wildman–Crippen LogP) is 3.59. The molecule has 0 aliphatic heterocycles. The third-order valence-corrected chi connectivity index (χ3v) is 3.69. The number of carbonyl (C=O) groups excluding carboxylic acids is 1. The van der Waals surface area contributed by atoms with Gasteiger partial charge in [-0.25, -0.2) is 0 Å². The van der Waals surface area contributed by atoms with Crippen LogP contribution in [0.4, 0.5) is 11.4 Å². The summed E-state index contributed by atoms with van der Waals surface area (Å²) in [4.78, 5) is 11.4. The molecule has 1 amide bonds. The number of aryl methyl sites for hydroxylation is 1. The van der Waals surface area contributed by atoms with Crippen LogP contribution in [0.25, 0.3) is 0 Å². The van der Waals surface area contributed by atoms with E-state index in [1.807, 2.05) is 37.3 Å². The second kappa shape index (κ2) is 8.28. The number of hydrogen-bond acceptors (Lipinski definition) is 5. The summed E-state index contributed by atoms with van der Waals surface area (Å²) in [5.74, 6) is 1.65. The van der Waals surface area contributed by atoms with Gasteiger partial charge in [-0.05, 0) is 42.3 Å². The summed E-state index contributed by atoms with van der Waals surface area (Å²) in [5, 5.41) is 6.18. The minimum atomic E-state index is -0.111. The third-order valence-electron chi connectivity index (χ3n) is 3.69. The van der Waals surface area contributed by atoms with Crippen LogP contribution in [0.5, 0.6) is 17.2 Å². The van der Waals surface area contributed by atoms with Crippen LogP contribution < -0.4 is 24.8 Å². The number of hydrogen-bond donors (Lipinski definition) is 2. The number of ether oxygens (including phenoxy) is 3. The largest absolute Gasteiger partial charge is 0.493 e. The number of nitrogens with one attached hydrogen (secondary N) is 2. The Morgan fingerprint density at radius 3 is 2.12 bits per heavy atom. The first-order valence-corrected chi connectivity index (χ1v) is 7.89. The Hall–Kier alpha value is -2.89. The van der Waals surface area contributed by atoms with Gasteiger partial charge in [-0.3, -0.25) is 4.79 Å². The van der Waals surface area contributed by atoms with E-state index in [9.17, 15) is 4.79 Å². The van der Waals surface area contributed by atoms with Crippen molar-refractivity contribution in [2.75, 3.05) is 32.0 Å². The van der Waals surface area contributed by atoms with Crippen molar-refractivity contribution in [1.82, 2.24) is 0 Å². The topological polar surface area (TPSA) is 68.8 Å². The normalized spacial score (nSPS) is 10.1. The molecule has 0 radical (unpaired) electrons. The van der Waals surface area contributed by atoms with Crippen LogP contribution in [0.15, 0.2) is 30.3 Å². The van der Waals surface area contributed by atoms with Crippen molar-refractivity contribution in [2.45, 2.75) is 20.4 Å². The van der Waals surface area contributed by atoms with Crippen LogP contribution in [0, 0.1) is 6.92 Å². The quantitative estimate of drug-likeness (QED) is 0.803. The standard InChI is InChI=1S/C19H24N2O4/c1-12-6-7-15(21-13(2)22)16(8-12)20-11-14-9-17(23-3)19(25-5)18(10-14)24-4/h6-10,20H,11H2,1-5H3,(H,21,22). The van der Waals surface area contributed by atoms with Crippen molar-refractivity contribution in [1.29, 1.82) is 0 Å². The van der Waals surface area contributed by atoms with Crippen LogP contribution in [-0.2, 0) is 11.3 Å². The molecule has 2 aromatic rings. The summed E-state index contributed by atoms with van der Waals surface area (Å²) in [7, 11) is 4.75. The summed E-state index contributed by atoms with van der Waals surface area (Å²) in [5.41, 5.74) is 3.65. The molecular formula is C19H24N2O4. The lowest BCUT2D eigenvalue weighted by atomic mass is 10.1. The minimum Gasteiger partial charge on any atom is -0.493 e. The van der Waals surface area contributed by atoms with Gasteiger partial charge in [0.25, 0.3) is 0 Å². The molecule has 0 bridgehead atoms. The maximum absolute atomic E-state index is 11.4. The molecule has 0 saturated carbocycles. The zero-order chi connectivity index (χ0) is 18.4. The van der Waals surface area contributed by atoms with Gasteiger partial charge in [0.15, 0.2) is 11.5 Å². The van der Waals surface area contributed by atoms with Gasteiger partial charge in [0.05, 0.1) is 32.7 Å². The van der Waals surface area contributed by atoms with Crippen molar-refractivity contribution >= 4 is 17.3 Å². The van der Waals surface area contributed by atoms with Gasteiger partial charge in [0.1, 0.15) is 0 Å². The van der Waals surface area contributed by atoms with E-state index < -0.39 is 0 Å². The maximum atomic E-state index is 11.4. The lowest BCUT2D eigenvalue weighted by molar-refractivity contribution is -0.114. The molecule has 0 aromatic heterocycles. The molecule has 25 heavy (non-hydrogen) atoms. The Bertz CT molecular complexity index is 734. The molecule has 6 nitrogen and oxygen atoms in total. The van der Waals surface area contributed by atoms with Crippen molar-refractivity contribution in [3.8, 4) is 17.2 Å². The highest BCUT2D eigenvalue weighted by molar-refractivity contribution is 5.92. The minimum absolute atomic E-state index is 0.111. The molecule has 0 aliphatic rings. The predicted molar refractivity (Wildman–Crippen MR) is 98.9 cm³/mol. The summed E-state index contributed by atoms with van der Waals surface area (Å²) in [6, 6.07) is 9.61. The van der Waals surface area contributed by atoms with Crippen LogP contribution in [0.3, 0.4) is 0 Å². The van der Waals surface area contributed by atoms with Crippen molar-refractivity contribution in [3.05, 3.63) is 41.5 Å². The second-order valence-electron chi connectivity index (χ2n) is 5.62. The Morgan fingerprint density at radius 2 is 1.60 bits per heavy atom. The highest BCUT2D eigenvalue weighted by Crippen LogP contribution is 2.38. The Balaban J connectivity index is 2.27. The number of anilines is 2. The van der Waals surface area contributed by atoms with Gasteiger partial charge < -0.3 is 24.8 Å². The fourth-order valence-corrected chi connectivity index (χ4v) is 2.54. The summed E-state index contributed by atoms with van der Waals surface area (Å²) in [6.07, 6.45) is 0. The lowest BCUT2D eigenvalue weighted by Crippen LogP contribution is -2.10. The molecule has 2 aromatic carbocycles. The third kappa shape index (κ3) is 4.56. The number of benzene rings is 2. The highest BCUT2D eigenvalue weighted by atomic mass is 16.5. The molecule has 0 spiro atoms. The molecule has 2 rings (SSSR count). The molecule has 6 heteroatoms. The van der Waals surface area contributed by atoms with E-state index in [1.54, 1.807) is 21.3 Å². The van der Waals surface area contributed by atoms with E-state index in [4.69, 9.17) is 14.2 Å². The van der Waals surface area contributed by atoms with E-state index in [1.165, 1.54) is 6.92 Å². The zero-order valence-corrected chi connectivity index (χ0v) is 15.2. The first-order valence-electron chi connectivity index (χ1n) is 7.89. The molecule has 0 unspecified atom stereocenters. The van der Waals surface area contributed by atoms with E-state index in [0.717, 1.165) is 22.5 Å². The number of rotatable bonds is 7. The molecule has 134 valence electrons. The first kappa shape index (κ1) is 18.4. The number of methoxy groups -OCH3 is 3. The molecule has 0 aliphatic carbocycles. The van der Waals surface area contributed by atoms with Crippen molar-refractivity contribution in [3.63, 3.8) is 0 Å². The number of carbonyl (C=O) groups is 1. The van der Waals surface area contributed by atoms with E-state index in [0.29, 0.717) is 23.8 Å². The molecule has 2 N–H and O–H groups in total. The highest BCUT2D eigenvalue weighted by Gasteiger charge is 2.13. The lowest BCUT2D eigenvalue weighted by Gasteiger charge is -2.16. The SMILES string of the molecule is COc1cc(CNc2cc(C)ccc2NC(C)=O)cc(OC)c1OC. The molecule has 0 saturated heterocycles. The zero-order valence-electron chi connectivity index (χ0n) is 15.2. The van der Waals surface area contributed by atoms with E-state index >= 15 is 0 Å². The Kier molecular flexibility index (Phi) is 6.11. The van der Waals surface area contributed by atoms with Gasteiger partial charge in [-0.1, -0.05) is 6.07 Å². The van der Waals surface area contributed by atoms with E-state index in [2.05, 4.69) is 10.6 Å². The maximum Gasteiger partial charge on any atom is 0.221 e. The van der Waals surface area contributed by atoms with Gasteiger partial charge >= 0.3 is 0 Å². The first-order chi connectivity index (χ1) is 12.0. The van der Waals surface area contributed by atoms with Gasteiger partial charge in [-0.15, -0.1) is 0 Å². The van der Waals surface area contributed by atoms with Crippen LogP contribution in [0.1, 0.15) is 18.1 Å². The van der Waals surface area contributed by atoms with Gasteiger partial charge in [0, 0.05) is 13.5 Å².